The molecule has 1 aromatic heterocycles. The molecule has 5 N–H and O–H groups in total. The van der Waals surface area contributed by atoms with Gasteiger partial charge in [-0.05, 0) is 64.1 Å². The summed E-state index contributed by atoms with van der Waals surface area (Å²) in [5.41, 5.74) is 8.07. The van der Waals surface area contributed by atoms with Crippen molar-refractivity contribution >= 4 is 41.2 Å². The number of carbonyl (C=O) groups excluding carboxylic acids is 2. The molecule has 3 rings (SSSR count). The minimum absolute atomic E-state index is 0.0301. The van der Waals surface area contributed by atoms with E-state index in [1.165, 1.54) is 12.3 Å². The molecule has 0 aliphatic heterocycles. The van der Waals surface area contributed by atoms with Crippen LogP contribution in [0.3, 0.4) is 0 Å². The SMILES string of the molecule is CC(C)OC=O.CCOc1cccc(CNc2ccc(Cl)cc2C(=O)Nc2ccc(/C(N)=N/O)nc2)c1OCC. The molecular weight excluding hydrogens is 538 g/mol. The van der Waals surface area contributed by atoms with Crippen molar-refractivity contribution < 1.29 is 29.0 Å². The molecule has 0 aliphatic rings. The third kappa shape index (κ3) is 9.66. The molecule has 0 fully saturated rings. The number of amides is 1. The zero-order valence-corrected chi connectivity index (χ0v) is 23.6. The fourth-order valence-electron chi connectivity index (χ4n) is 3.31. The Hall–Kier alpha value is -4.51. The molecule has 0 unspecified atom stereocenters. The van der Waals surface area contributed by atoms with Gasteiger partial charge < -0.3 is 35.8 Å². The van der Waals surface area contributed by atoms with Gasteiger partial charge in [0.1, 0.15) is 5.69 Å². The summed E-state index contributed by atoms with van der Waals surface area (Å²) in [4.78, 5) is 26.5. The number of benzene rings is 2. The van der Waals surface area contributed by atoms with Crippen molar-refractivity contribution in [2.75, 3.05) is 23.8 Å². The van der Waals surface area contributed by atoms with E-state index in [0.29, 0.717) is 59.7 Å². The number of ether oxygens (including phenoxy) is 3. The number of amidine groups is 1. The van der Waals surface area contributed by atoms with Gasteiger partial charge in [-0.25, -0.2) is 0 Å². The number of nitrogens with zero attached hydrogens (tertiary/aromatic N) is 2. The lowest BCUT2D eigenvalue weighted by atomic mass is 10.1. The first-order valence-electron chi connectivity index (χ1n) is 12.5. The Bertz CT molecular complexity index is 1280. The first kappa shape index (κ1) is 31.7. The summed E-state index contributed by atoms with van der Waals surface area (Å²) in [6.07, 6.45) is 1.44. The van der Waals surface area contributed by atoms with Crippen molar-refractivity contribution in [2.45, 2.75) is 40.3 Å². The van der Waals surface area contributed by atoms with Crippen molar-refractivity contribution in [1.82, 2.24) is 4.98 Å². The van der Waals surface area contributed by atoms with E-state index >= 15 is 0 Å². The molecule has 0 bridgehead atoms. The van der Waals surface area contributed by atoms with E-state index in [-0.39, 0.29) is 23.5 Å². The minimum Gasteiger partial charge on any atom is -0.490 e. The topological polar surface area (TPSA) is 157 Å². The lowest BCUT2D eigenvalue weighted by Gasteiger charge is -2.17. The number of pyridine rings is 1. The Morgan fingerprint density at radius 3 is 2.48 bits per heavy atom. The van der Waals surface area contributed by atoms with Gasteiger partial charge in [0.2, 0.25) is 0 Å². The second-order valence-corrected chi connectivity index (χ2v) is 8.74. The van der Waals surface area contributed by atoms with E-state index in [1.807, 2.05) is 32.0 Å². The summed E-state index contributed by atoms with van der Waals surface area (Å²) in [5, 5.41) is 18.1. The average Bonchev–Trinajstić information content (AvgIpc) is 2.94. The van der Waals surface area contributed by atoms with Crippen LogP contribution in [0.15, 0.2) is 59.9 Å². The zero-order valence-electron chi connectivity index (χ0n) is 22.8. The highest BCUT2D eigenvalue weighted by atomic mass is 35.5. The molecule has 0 saturated carbocycles. The predicted octanol–water partition coefficient (Wildman–Crippen LogP) is 5.06. The number of aromatic nitrogens is 1. The van der Waals surface area contributed by atoms with Gasteiger partial charge in [0.05, 0.1) is 36.8 Å². The fourth-order valence-corrected chi connectivity index (χ4v) is 3.48. The molecular formula is C28H34ClN5O6. The molecule has 2 aromatic carbocycles. The largest absolute Gasteiger partial charge is 0.490 e. The van der Waals surface area contributed by atoms with E-state index in [9.17, 15) is 9.59 Å². The number of para-hydroxylation sites is 1. The van der Waals surface area contributed by atoms with Gasteiger partial charge in [-0.1, -0.05) is 28.9 Å². The number of nitrogens with two attached hydrogens (primary N) is 1. The van der Waals surface area contributed by atoms with Crippen molar-refractivity contribution in [1.29, 1.82) is 0 Å². The molecule has 0 atom stereocenters. The number of nitrogens with one attached hydrogen (secondary N) is 2. The van der Waals surface area contributed by atoms with Gasteiger partial charge in [0, 0.05) is 22.8 Å². The van der Waals surface area contributed by atoms with E-state index in [2.05, 4.69) is 25.5 Å². The third-order valence-corrected chi connectivity index (χ3v) is 5.30. The maximum atomic E-state index is 13.0. The molecule has 11 nitrogen and oxygen atoms in total. The van der Waals surface area contributed by atoms with Gasteiger partial charge in [0.15, 0.2) is 17.3 Å². The molecule has 0 radical (unpaired) electrons. The lowest BCUT2D eigenvalue weighted by molar-refractivity contribution is -0.131. The Labute approximate surface area is 238 Å². The van der Waals surface area contributed by atoms with Crippen LogP contribution in [0.4, 0.5) is 11.4 Å². The van der Waals surface area contributed by atoms with E-state index in [4.69, 9.17) is 32.0 Å². The van der Waals surface area contributed by atoms with E-state index in [1.54, 1.807) is 38.1 Å². The zero-order chi connectivity index (χ0) is 29.5. The van der Waals surface area contributed by atoms with Crippen molar-refractivity contribution in [3.05, 3.63) is 76.6 Å². The maximum Gasteiger partial charge on any atom is 0.293 e. The number of halogens is 1. The molecule has 214 valence electrons. The summed E-state index contributed by atoms with van der Waals surface area (Å²) in [6, 6.07) is 13.8. The lowest BCUT2D eigenvalue weighted by Crippen LogP contribution is -2.17. The highest BCUT2D eigenvalue weighted by Crippen LogP contribution is 2.32. The summed E-state index contributed by atoms with van der Waals surface area (Å²) in [5.74, 6) is 0.826. The van der Waals surface area contributed by atoms with Crippen LogP contribution in [-0.2, 0) is 16.1 Å². The van der Waals surface area contributed by atoms with E-state index < -0.39 is 0 Å². The number of oxime groups is 1. The van der Waals surface area contributed by atoms with Gasteiger partial charge in [-0.15, -0.1) is 0 Å². The van der Waals surface area contributed by atoms with E-state index in [0.717, 1.165) is 5.56 Å². The maximum absolute atomic E-state index is 13.0. The monoisotopic (exact) mass is 571 g/mol. The van der Waals surface area contributed by atoms with Gasteiger partial charge in [-0.2, -0.15) is 0 Å². The Morgan fingerprint density at radius 2 is 1.90 bits per heavy atom. The van der Waals surface area contributed by atoms with Crippen molar-refractivity contribution in [3.63, 3.8) is 0 Å². The molecule has 0 saturated heterocycles. The highest BCUT2D eigenvalue weighted by molar-refractivity contribution is 6.31. The Balaban J connectivity index is 0.000000840. The smallest absolute Gasteiger partial charge is 0.293 e. The van der Waals surface area contributed by atoms with Crippen LogP contribution in [0.2, 0.25) is 5.02 Å². The average molecular weight is 572 g/mol. The second kappa shape index (κ2) is 16.5. The predicted molar refractivity (Wildman–Crippen MR) is 155 cm³/mol. The minimum atomic E-state index is -0.378. The number of anilines is 2. The molecule has 0 spiro atoms. The Morgan fingerprint density at radius 1 is 1.15 bits per heavy atom. The van der Waals surface area contributed by atoms with Crippen LogP contribution in [0, 0.1) is 0 Å². The number of rotatable bonds is 12. The Kier molecular flexibility index (Phi) is 13.0. The quantitative estimate of drug-likeness (QED) is 0.0766. The summed E-state index contributed by atoms with van der Waals surface area (Å²) < 4.78 is 15.9. The molecule has 1 heterocycles. The first-order valence-corrected chi connectivity index (χ1v) is 12.9. The number of hydrogen-bond acceptors (Lipinski definition) is 9. The van der Waals surface area contributed by atoms with Gasteiger partial charge >= 0.3 is 0 Å². The van der Waals surface area contributed by atoms with Crippen molar-refractivity contribution in [2.24, 2.45) is 10.9 Å². The van der Waals surface area contributed by atoms with Gasteiger partial charge in [-0.3, -0.25) is 14.6 Å². The molecule has 1 amide bonds. The van der Waals surface area contributed by atoms with Crippen LogP contribution in [0.25, 0.3) is 0 Å². The second-order valence-electron chi connectivity index (χ2n) is 8.31. The molecule has 0 aliphatic carbocycles. The normalized spacial score (nSPS) is 10.7. The van der Waals surface area contributed by atoms with Gasteiger partial charge in [0.25, 0.3) is 12.4 Å². The summed E-state index contributed by atoms with van der Waals surface area (Å²) in [7, 11) is 0. The van der Waals surface area contributed by atoms with Crippen LogP contribution in [0.1, 0.15) is 49.3 Å². The van der Waals surface area contributed by atoms with Crippen LogP contribution in [-0.4, -0.2) is 47.7 Å². The molecule has 40 heavy (non-hydrogen) atoms. The van der Waals surface area contributed by atoms with Crippen LogP contribution < -0.4 is 25.8 Å². The summed E-state index contributed by atoms with van der Waals surface area (Å²) in [6.45, 7) is 9.29. The van der Waals surface area contributed by atoms with Crippen LogP contribution >= 0.6 is 11.6 Å². The standard InChI is InChI=1S/C24H26ClN5O4.C4H8O2/c1-3-33-21-7-5-6-15(22(21)34-4-2)13-27-19-10-8-16(25)12-18(19)24(31)29-17-9-11-20(28-14-17)23(26)30-32;1-4(2)6-3-5/h5-12,14,27,32H,3-4,13H2,1-2H3,(H2,26,30)(H,29,31);3-4H,1-2H3. The summed E-state index contributed by atoms with van der Waals surface area (Å²) >= 11 is 6.17. The molecule has 12 heteroatoms. The first-order chi connectivity index (χ1) is 19.2. The highest BCUT2D eigenvalue weighted by Gasteiger charge is 2.15. The van der Waals surface area contributed by atoms with Crippen LogP contribution in [0.5, 0.6) is 11.5 Å². The molecule has 3 aromatic rings. The third-order valence-electron chi connectivity index (χ3n) is 5.06. The van der Waals surface area contributed by atoms with Crippen molar-refractivity contribution in [3.8, 4) is 11.5 Å². The fraction of sp³-hybridized carbons (Fsp3) is 0.286. The number of carbonyl (C=O) groups is 2. The number of hydrogen-bond donors (Lipinski definition) is 4.